The Morgan fingerprint density at radius 2 is 2.06 bits per heavy atom. The van der Waals surface area contributed by atoms with Crippen LogP contribution in [0.5, 0.6) is 5.75 Å². The minimum Gasteiger partial charge on any atom is -0.497 e. The van der Waals surface area contributed by atoms with Crippen molar-refractivity contribution in [3.63, 3.8) is 0 Å². The van der Waals surface area contributed by atoms with Crippen molar-refractivity contribution in [1.82, 2.24) is 9.47 Å². The third-order valence-electron chi connectivity index (χ3n) is 3.08. The number of hydrogen-bond donors (Lipinski definition) is 0. The largest absolute Gasteiger partial charge is 0.497 e. The van der Waals surface area contributed by atoms with Crippen LogP contribution >= 0.6 is 0 Å². The smallest absolute Gasteiger partial charge is 0.119 e. The van der Waals surface area contributed by atoms with E-state index in [0.29, 0.717) is 0 Å². The molecule has 17 heavy (non-hydrogen) atoms. The van der Waals surface area contributed by atoms with Crippen LogP contribution in [-0.2, 0) is 6.54 Å². The van der Waals surface area contributed by atoms with Gasteiger partial charge in [-0.25, -0.2) is 0 Å². The summed E-state index contributed by atoms with van der Waals surface area (Å²) in [5, 5.41) is 1.28. The van der Waals surface area contributed by atoms with Crippen molar-refractivity contribution in [2.24, 2.45) is 0 Å². The predicted molar refractivity (Wildman–Crippen MR) is 71.8 cm³/mol. The van der Waals surface area contributed by atoms with E-state index in [0.717, 1.165) is 18.8 Å². The Labute approximate surface area is 103 Å². The summed E-state index contributed by atoms with van der Waals surface area (Å²) in [4.78, 5) is 2.20. The van der Waals surface area contributed by atoms with Gasteiger partial charge in [-0.05, 0) is 44.8 Å². The number of rotatable bonds is 4. The molecule has 0 spiro atoms. The Balaban J connectivity index is 2.38. The maximum absolute atomic E-state index is 5.27. The average Bonchev–Trinajstić information content (AvgIpc) is 2.63. The molecule has 1 aromatic carbocycles. The zero-order valence-electron chi connectivity index (χ0n) is 11.0. The van der Waals surface area contributed by atoms with Gasteiger partial charge < -0.3 is 14.2 Å². The predicted octanol–water partition coefficient (Wildman–Crippen LogP) is 2.52. The molecule has 0 fully saturated rings. The van der Waals surface area contributed by atoms with Gasteiger partial charge in [0.05, 0.1) is 7.11 Å². The van der Waals surface area contributed by atoms with Gasteiger partial charge in [-0.2, -0.15) is 0 Å². The van der Waals surface area contributed by atoms with Crippen LogP contribution in [0.25, 0.3) is 10.9 Å². The molecule has 0 aliphatic heterocycles. The van der Waals surface area contributed by atoms with E-state index < -0.39 is 0 Å². The van der Waals surface area contributed by atoms with E-state index in [9.17, 15) is 0 Å². The normalized spacial score (nSPS) is 11.4. The third-order valence-corrected chi connectivity index (χ3v) is 3.08. The molecule has 2 aromatic rings. The third kappa shape index (κ3) is 2.44. The average molecular weight is 232 g/mol. The topological polar surface area (TPSA) is 17.4 Å². The highest BCUT2D eigenvalue weighted by molar-refractivity contribution is 5.85. The standard InChI is InChI=1S/C14H20N2O/c1-11-10-16(8-7-15(2)3)14-6-5-12(17-4)9-13(11)14/h5-6,9-10H,7-8H2,1-4H3. The lowest BCUT2D eigenvalue weighted by Crippen LogP contribution is -2.17. The van der Waals surface area contributed by atoms with Crippen molar-refractivity contribution in [3.8, 4) is 5.75 Å². The zero-order valence-corrected chi connectivity index (χ0v) is 11.0. The second-order valence-corrected chi connectivity index (χ2v) is 4.69. The van der Waals surface area contributed by atoms with Crippen LogP contribution in [0.4, 0.5) is 0 Å². The molecule has 92 valence electrons. The number of hydrogen-bond acceptors (Lipinski definition) is 2. The van der Waals surface area contributed by atoms with Gasteiger partial charge >= 0.3 is 0 Å². The van der Waals surface area contributed by atoms with Gasteiger partial charge in [0, 0.05) is 30.2 Å². The first kappa shape index (κ1) is 12.0. The number of fused-ring (bicyclic) bond motifs is 1. The van der Waals surface area contributed by atoms with Gasteiger partial charge in [0.25, 0.3) is 0 Å². The second-order valence-electron chi connectivity index (χ2n) is 4.69. The van der Waals surface area contributed by atoms with Gasteiger partial charge in [0.2, 0.25) is 0 Å². The minimum absolute atomic E-state index is 0.922. The van der Waals surface area contributed by atoms with E-state index in [2.05, 4.69) is 48.8 Å². The number of benzene rings is 1. The maximum Gasteiger partial charge on any atom is 0.119 e. The molecule has 0 amide bonds. The fourth-order valence-corrected chi connectivity index (χ4v) is 2.07. The van der Waals surface area contributed by atoms with Crippen LogP contribution in [0, 0.1) is 6.92 Å². The molecule has 0 bridgehead atoms. The molecular weight excluding hydrogens is 212 g/mol. The number of likely N-dealkylation sites (N-methyl/N-ethyl adjacent to an activating group) is 1. The Hall–Kier alpha value is -1.48. The molecule has 3 nitrogen and oxygen atoms in total. The fraction of sp³-hybridized carbons (Fsp3) is 0.429. The van der Waals surface area contributed by atoms with Gasteiger partial charge in [-0.3, -0.25) is 0 Å². The first-order chi connectivity index (χ1) is 8.11. The summed E-state index contributed by atoms with van der Waals surface area (Å²) < 4.78 is 7.58. The van der Waals surface area contributed by atoms with Gasteiger partial charge in [-0.1, -0.05) is 0 Å². The van der Waals surface area contributed by atoms with Crippen molar-refractivity contribution in [1.29, 1.82) is 0 Å². The number of nitrogens with zero attached hydrogens (tertiary/aromatic N) is 2. The summed E-state index contributed by atoms with van der Waals surface area (Å²) in [6.45, 7) is 4.22. The first-order valence-corrected chi connectivity index (χ1v) is 5.90. The van der Waals surface area contributed by atoms with Crippen LogP contribution in [-0.4, -0.2) is 37.2 Å². The molecule has 0 N–H and O–H groups in total. The Kier molecular flexibility index (Phi) is 3.38. The highest BCUT2D eigenvalue weighted by Crippen LogP contribution is 2.25. The van der Waals surface area contributed by atoms with Crippen LogP contribution in [0.3, 0.4) is 0 Å². The van der Waals surface area contributed by atoms with Gasteiger partial charge in [0.1, 0.15) is 5.75 Å². The molecule has 0 aliphatic rings. The molecule has 0 unspecified atom stereocenters. The second kappa shape index (κ2) is 4.80. The number of aromatic nitrogens is 1. The number of methoxy groups -OCH3 is 1. The molecule has 3 heteroatoms. The molecule has 1 heterocycles. The van der Waals surface area contributed by atoms with Crippen molar-refractivity contribution in [3.05, 3.63) is 30.0 Å². The molecule has 2 rings (SSSR count). The lowest BCUT2D eigenvalue weighted by atomic mass is 10.2. The highest BCUT2D eigenvalue weighted by atomic mass is 16.5. The van der Waals surface area contributed by atoms with Crippen LogP contribution < -0.4 is 4.74 Å². The number of aryl methyl sites for hydroxylation is 1. The quantitative estimate of drug-likeness (QED) is 0.806. The van der Waals surface area contributed by atoms with E-state index >= 15 is 0 Å². The van der Waals surface area contributed by atoms with E-state index in [-0.39, 0.29) is 0 Å². The van der Waals surface area contributed by atoms with Crippen LogP contribution in [0.2, 0.25) is 0 Å². The van der Waals surface area contributed by atoms with Crippen molar-refractivity contribution < 1.29 is 4.74 Å². The van der Waals surface area contributed by atoms with Gasteiger partial charge in [-0.15, -0.1) is 0 Å². The monoisotopic (exact) mass is 232 g/mol. The summed E-state index contributed by atoms with van der Waals surface area (Å²) in [6, 6.07) is 6.27. The molecule has 0 atom stereocenters. The van der Waals surface area contributed by atoms with E-state index in [1.807, 2.05) is 6.07 Å². The fourth-order valence-electron chi connectivity index (χ4n) is 2.07. The molecule has 1 aromatic heterocycles. The van der Waals surface area contributed by atoms with E-state index in [1.54, 1.807) is 7.11 Å². The van der Waals surface area contributed by atoms with Crippen molar-refractivity contribution in [2.75, 3.05) is 27.7 Å². The summed E-state index contributed by atoms with van der Waals surface area (Å²) in [5.41, 5.74) is 2.59. The Morgan fingerprint density at radius 1 is 1.29 bits per heavy atom. The summed E-state index contributed by atoms with van der Waals surface area (Å²) in [6.07, 6.45) is 2.22. The summed E-state index contributed by atoms with van der Waals surface area (Å²) in [5.74, 6) is 0.922. The lowest BCUT2D eigenvalue weighted by Gasteiger charge is -2.11. The SMILES string of the molecule is COc1ccc2c(c1)c(C)cn2CCN(C)C. The Bertz CT molecular complexity index is 514. The number of ether oxygens (including phenoxy) is 1. The summed E-state index contributed by atoms with van der Waals surface area (Å²) >= 11 is 0. The van der Waals surface area contributed by atoms with Crippen LogP contribution in [0.1, 0.15) is 5.56 Å². The molecule has 0 aliphatic carbocycles. The molecule has 0 saturated carbocycles. The Morgan fingerprint density at radius 3 is 2.71 bits per heavy atom. The van der Waals surface area contributed by atoms with E-state index in [4.69, 9.17) is 4.74 Å². The van der Waals surface area contributed by atoms with Crippen LogP contribution in [0.15, 0.2) is 24.4 Å². The first-order valence-electron chi connectivity index (χ1n) is 5.90. The molecule has 0 radical (unpaired) electrons. The lowest BCUT2D eigenvalue weighted by molar-refractivity contribution is 0.387. The molecule has 0 saturated heterocycles. The zero-order chi connectivity index (χ0) is 12.4. The minimum atomic E-state index is 0.922. The highest BCUT2D eigenvalue weighted by Gasteiger charge is 2.06. The molecular formula is C14H20N2O. The summed E-state index contributed by atoms with van der Waals surface area (Å²) in [7, 11) is 5.91. The van der Waals surface area contributed by atoms with Gasteiger partial charge in [0.15, 0.2) is 0 Å². The van der Waals surface area contributed by atoms with Crippen molar-refractivity contribution >= 4 is 10.9 Å². The van der Waals surface area contributed by atoms with E-state index in [1.165, 1.54) is 16.5 Å². The van der Waals surface area contributed by atoms with Crippen molar-refractivity contribution in [2.45, 2.75) is 13.5 Å². The maximum atomic E-state index is 5.27.